The van der Waals surface area contributed by atoms with E-state index in [9.17, 15) is 8.42 Å². The molecule has 0 aromatic rings. The van der Waals surface area contributed by atoms with Crippen LogP contribution in [0.25, 0.3) is 0 Å². The van der Waals surface area contributed by atoms with Crippen LogP contribution >= 0.6 is 0 Å². The smallest absolute Gasteiger partial charge is 0.266 e. The number of piperazine rings is 1. The molecule has 1 fully saturated rings. The Morgan fingerprint density at radius 1 is 1.33 bits per heavy atom. The molecule has 0 aromatic carbocycles. The van der Waals surface area contributed by atoms with Crippen LogP contribution in [0.2, 0.25) is 0 Å². The van der Waals surface area contributed by atoms with Crippen molar-refractivity contribution in [2.24, 2.45) is 0 Å². The van der Waals surface area contributed by atoms with Gasteiger partial charge >= 0.3 is 0 Å². The molecule has 0 spiro atoms. The number of hydrogen-bond donors (Lipinski definition) is 3. The second kappa shape index (κ2) is 5.76. The maximum Gasteiger partial charge on any atom is 0.266 e. The molecule has 0 amide bonds. The van der Waals surface area contributed by atoms with E-state index in [-0.39, 0.29) is 18.4 Å². The van der Waals surface area contributed by atoms with E-state index in [1.54, 1.807) is 0 Å². The molecule has 1 aliphatic rings. The Kier molecular flexibility index (Phi) is 4.94. The van der Waals surface area contributed by atoms with Crippen molar-refractivity contribution >= 4 is 10.1 Å². The van der Waals surface area contributed by atoms with Gasteiger partial charge in [-0.3, -0.25) is 9.45 Å². The van der Waals surface area contributed by atoms with Gasteiger partial charge in [-0.2, -0.15) is 8.42 Å². The topological polar surface area (TPSA) is 89.9 Å². The van der Waals surface area contributed by atoms with Gasteiger partial charge in [0, 0.05) is 38.8 Å². The minimum Gasteiger partial charge on any atom is -0.396 e. The Balaban J connectivity index is 2.55. The Labute approximate surface area is 90.0 Å². The van der Waals surface area contributed by atoms with E-state index in [1.807, 2.05) is 4.90 Å². The number of aliphatic hydroxyl groups is 1. The van der Waals surface area contributed by atoms with Gasteiger partial charge in [0.05, 0.1) is 5.75 Å². The first kappa shape index (κ1) is 12.9. The average molecular weight is 238 g/mol. The first-order valence-electron chi connectivity index (χ1n) is 5.04. The van der Waals surface area contributed by atoms with Crippen molar-refractivity contribution in [2.45, 2.75) is 12.5 Å². The largest absolute Gasteiger partial charge is 0.396 e. The van der Waals surface area contributed by atoms with Gasteiger partial charge in [0.1, 0.15) is 0 Å². The molecule has 0 aliphatic carbocycles. The lowest BCUT2D eigenvalue weighted by molar-refractivity contribution is 0.152. The molecule has 1 saturated heterocycles. The van der Waals surface area contributed by atoms with Gasteiger partial charge < -0.3 is 10.4 Å². The van der Waals surface area contributed by atoms with Gasteiger partial charge in [-0.25, -0.2) is 0 Å². The van der Waals surface area contributed by atoms with Gasteiger partial charge in [0.2, 0.25) is 0 Å². The van der Waals surface area contributed by atoms with Crippen molar-refractivity contribution in [1.82, 2.24) is 10.2 Å². The third kappa shape index (κ3) is 4.89. The molecule has 0 aromatic heterocycles. The molecule has 90 valence electrons. The van der Waals surface area contributed by atoms with Crippen LogP contribution in [0.5, 0.6) is 0 Å². The van der Waals surface area contributed by atoms with Crippen LogP contribution in [-0.2, 0) is 10.1 Å². The van der Waals surface area contributed by atoms with Gasteiger partial charge in [-0.05, 0) is 6.42 Å². The normalized spacial score (nSPS) is 21.5. The summed E-state index contributed by atoms with van der Waals surface area (Å²) in [6.45, 7) is 3.06. The van der Waals surface area contributed by atoms with Gasteiger partial charge in [-0.1, -0.05) is 0 Å². The number of rotatable bonds is 5. The Hall–Kier alpha value is -0.210. The van der Waals surface area contributed by atoms with Gasteiger partial charge in [-0.15, -0.1) is 0 Å². The minimum absolute atomic E-state index is 0.0654. The third-order valence-electron chi connectivity index (χ3n) is 2.53. The summed E-state index contributed by atoms with van der Waals surface area (Å²) in [6, 6.07) is -0.285. The van der Waals surface area contributed by atoms with Crippen LogP contribution in [0.4, 0.5) is 0 Å². The van der Waals surface area contributed by atoms with Crippen LogP contribution in [0.15, 0.2) is 0 Å². The molecule has 3 N–H and O–H groups in total. The highest BCUT2D eigenvalue weighted by Crippen LogP contribution is 2.08. The zero-order valence-electron chi connectivity index (χ0n) is 8.59. The Bertz CT molecular complexity index is 274. The summed E-state index contributed by atoms with van der Waals surface area (Å²) in [6.07, 6.45) is 0.375. The SMILES string of the molecule is O=S(=O)(O)CC(CCO)N1CCNCC1. The fraction of sp³-hybridized carbons (Fsp3) is 1.00. The van der Waals surface area contributed by atoms with Gasteiger partial charge in [0.15, 0.2) is 0 Å². The molecular weight excluding hydrogens is 220 g/mol. The summed E-state index contributed by atoms with van der Waals surface area (Å²) >= 11 is 0. The van der Waals surface area contributed by atoms with Crippen LogP contribution in [0.3, 0.4) is 0 Å². The van der Waals surface area contributed by atoms with E-state index in [4.69, 9.17) is 9.66 Å². The van der Waals surface area contributed by atoms with Gasteiger partial charge in [0.25, 0.3) is 10.1 Å². The monoisotopic (exact) mass is 238 g/mol. The summed E-state index contributed by atoms with van der Waals surface area (Å²) in [5.74, 6) is -0.298. The summed E-state index contributed by atoms with van der Waals surface area (Å²) in [4.78, 5) is 1.99. The lowest BCUT2D eigenvalue weighted by Crippen LogP contribution is -2.50. The molecule has 1 rings (SSSR count). The van der Waals surface area contributed by atoms with Crippen molar-refractivity contribution < 1.29 is 18.1 Å². The molecule has 6 nitrogen and oxygen atoms in total. The molecule has 7 heteroatoms. The first-order chi connectivity index (χ1) is 7.03. The molecule has 1 heterocycles. The summed E-state index contributed by atoms with van der Waals surface area (Å²) in [5, 5.41) is 12.0. The van der Waals surface area contributed by atoms with E-state index < -0.39 is 10.1 Å². The van der Waals surface area contributed by atoms with E-state index in [0.29, 0.717) is 6.42 Å². The number of nitrogens with zero attached hydrogens (tertiary/aromatic N) is 1. The molecule has 1 aliphatic heterocycles. The summed E-state index contributed by atoms with van der Waals surface area (Å²) in [7, 11) is -3.97. The van der Waals surface area contributed by atoms with E-state index in [2.05, 4.69) is 5.32 Å². The van der Waals surface area contributed by atoms with Crippen LogP contribution in [-0.4, -0.2) is 67.6 Å². The standard InChI is InChI=1S/C8H18N2O4S/c11-6-1-8(7-15(12,13)14)10-4-2-9-3-5-10/h8-9,11H,1-7H2,(H,12,13,14). The highest BCUT2D eigenvalue weighted by atomic mass is 32.2. The van der Waals surface area contributed by atoms with Crippen molar-refractivity contribution in [2.75, 3.05) is 38.5 Å². The van der Waals surface area contributed by atoms with Crippen LogP contribution in [0.1, 0.15) is 6.42 Å². The molecular formula is C8H18N2O4S. The van der Waals surface area contributed by atoms with Crippen molar-refractivity contribution in [3.63, 3.8) is 0 Å². The predicted molar refractivity (Wildman–Crippen MR) is 56.3 cm³/mol. The third-order valence-corrected chi connectivity index (χ3v) is 3.34. The van der Waals surface area contributed by atoms with Crippen LogP contribution < -0.4 is 5.32 Å². The Morgan fingerprint density at radius 2 is 1.93 bits per heavy atom. The fourth-order valence-corrected chi connectivity index (χ4v) is 2.67. The summed E-state index contributed by atoms with van der Waals surface area (Å²) < 4.78 is 30.4. The van der Waals surface area contributed by atoms with Crippen molar-refractivity contribution in [3.8, 4) is 0 Å². The second-order valence-electron chi connectivity index (χ2n) is 3.70. The molecule has 15 heavy (non-hydrogen) atoms. The zero-order chi connectivity index (χ0) is 11.3. The molecule has 1 atom stereocenters. The van der Waals surface area contributed by atoms with Crippen molar-refractivity contribution in [1.29, 1.82) is 0 Å². The predicted octanol–water partition coefficient (Wildman–Crippen LogP) is -1.47. The molecule has 0 bridgehead atoms. The van der Waals surface area contributed by atoms with E-state index in [0.717, 1.165) is 26.2 Å². The highest BCUT2D eigenvalue weighted by molar-refractivity contribution is 7.85. The lowest BCUT2D eigenvalue weighted by atomic mass is 10.2. The zero-order valence-corrected chi connectivity index (χ0v) is 9.41. The number of nitrogens with one attached hydrogen (secondary N) is 1. The first-order valence-corrected chi connectivity index (χ1v) is 6.64. The van der Waals surface area contributed by atoms with Crippen molar-refractivity contribution in [3.05, 3.63) is 0 Å². The van der Waals surface area contributed by atoms with Crippen LogP contribution in [0, 0.1) is 0 Å². The molecule has 1 unspecified atom stereocenters. The maximum absolute atomic E-state index is 10.8. The number of hydrogen-bond acceptors (Lipinski definition) is 5. The second-order valence-corrected chi connectivity index (χ2v) is 5.20. The van der Waals surface area contributed by atoms with E-state index >= 15 is 0 Å². The quantitative estimate of drug-likeness (QED) is 0.507. The molecule has 0 saturated carbocycles. The highest BCUT2D eigenvalue weighted by Gasteiger charge is 2.24. The molecule has 0 radical (unpaired) electrons. The number of aliphatic hydroxyl groups excluding tert-OH is 1. The van der Waals surface area contributed by atoms with E-state index in [1.165, 1.54) is 0 Å². The average Bonchev–Trinajstić information content (AvgIpc) is 2.17. The minimum atomic E-state index is -3.97. The summed E-state index contributed by atoms with van der Waals surface area (Å²) in [5.41, 5.74) is 0. The maximum atomic E-state index is 10.8. The Morgan fingerprint density at radius 3 is 2.40 bits per heavy atom. The lowest BCUT2D eigenvalue weighted by Gasteiger charge is -2.33. The fourth-order valence-electron chi connectivity index (χ4n) is 1.81.